The van der Waals surface area contributed by atoms with Crippen molar-refractivity contribution in [3.05, 3.63) is 51.4 Å². The molecule has 1 aliphatic rings. The van der Waals surface area contributed by atoms with Crippen molar-refractivity contribution in [2.75, 3.05) is 18.0 Å². The van der Waals surface area contributed by atoms with E-state index in [1.165, 1.54) is 12.1 Å². The van der Waals surface area contributed by atoms with Crippen molar-refractivity contribution in [1.29, 1.82) is 0 Å². The zero-order valence-electron chi connectivity index (χ0n) is 15.9. The van der Waals surface area contributed by atoms with Gasteiger partial charge in [-0.2, -0.15) is 0 Å². The summed E-state index contributed by atoms with van der Waals surface area (Å²) in [6.07, 6.45) is 1.62. The molecule has 2 aromatic rings. The lowest BCUT2D eigenvalue weighted by Crippen LogP contribution is -2.41. The van der Waals surface area contributed by atoms with Crippen LogP contribution in [0.15, 0.2) is 23.0 Å². The summed E-state index contributed by atoms with van der Waals surface area (Å²) >= 11 is 0. The number of H-pyrrole nitrogens is 1. The fourth-order valence-electron chi connectivity index (χ4n) is 3.01. The van der Waals surface area contributed by atoms with Gasteiger partial charge in [0.25, 0.3) is 5.56 Å². The average molecular weight is 379 g/mol. The fourth-order valence-corrected chi connectivity index (χ4v) is 3.01. The molecule has 28 heavy (non-hydrogen) atoms. The Morgan fingerprint density at radius 2 is 2.11 bits per heavy atom. The molecule has 0 amide bonds. The standard InChI is InChI=1S/C21H22FN5O/c1-13(2)4-6-16-19(14-5-7-18(24-3)17(22)12-14)25-21(26-20(16)28)27-10-8-15(23)9-11-27/h5,7,12-13,15H,8-11,23H2,1-2H3,(H,25,26,28). The van der Waals surface area contributed by atoms with Gasteiger partial charge in [0.1, 0.15) is 11.4 Å². The molecular weight excluding hydrogens is 357 g/mol. The summed E-state index contributed by atoms with van der Waals surface area (Å²) < 4.78 is 14.2. The number of benzene rings is 1. The second-order valence-electron chi connectivity index (χ2n) is 7.14. The Kier molecular flexibility index (Phi) is 5.77. The molecule has 1 saturated heterocycles. The number of nitrogens with zero attached hydrogens (tertiary/aromatic N) is 3. The van der Waals surface area contributed by atoms with Crippen LogP contribution in [-0.2, 0) is 0 Å². The number of aromatic amines is 1. The maximum atomic E-state index is 14.2. The predicted molar refractivity (Wildman–Crippen MR) is 108 cm³/mol. The second kappa shape index (κ2) is 8.24. The van der Waals surface area contributed by atoms with Gasteiger partial charge in [0, 0.05) is 30.6 Å². The van der Waals surface area contributed by atoms with Gasteiger partial charge in [0.05, 0.1) is 12.3 Å². The summed E-state index contributed by atoms with van der Waals surface area (Å²) in [6.45, 7) is 12.2. The zero-order valence-corrected chi connectivity index (χ0v) is 15.9. The third-order valence-corrected chi connectivity index (χ3v) is 4.57. The lowest BCUT2D eigenvalue weighted by atomic mass is 10.0. The van der Waals surface area contributed by atoms with Gasteiger partial charge in [-0.25, -0.2) is 14.2 Å². The first-order valence-corrected chi connectivity index (χ1v) is 9.22. The van der Waals surface area contributed by atoms with E-state index in [1.54, 1.807) is 6.07 Å². The molecule has 1 fully saturated rings. The topological polar surface area (TPSA) is 79.4 Å². The van der Waals surface area contributed by atoms with Crippen LogP contribution in [0, 0.1) is 30.1 Å². The summed E-state index contributed by atoms with van der Waals surface area (Å²) in [6, 6.07) is 4.36. The Hall–Kier alpha value is -3.16. The van der Waals surface area contributed by atoms with E-state index < -0.39 is 5.82 Å². The number of anilines is 1. The number of piperidine rings is 1. The molecule has 0 bridgehead atoms. The maximum absolute atomic E-state index is 14.2. The first-order chi connectivity index (χ1) is 13.4. The number of hydrogen-bond acceptors (Lipinski definition) is 4. The van der Waals surface area contributed by atoms with E-state index in [0.29, 0.717) is 30.3 Å². The summed E-state index contributed by atoms with van der Waals surface area (Å²) in [5.74, 6) is 5.70. The Morgan fingerprint density at radius 1 is 1.39 bits per heavy atom. The van der Waals surface area contributed by atoms with Crippen LogP contribution in [0.3, 0.4) is 0 Å². The number of hydrogen-bond donors (Lipinski definition) is 2. The van der Waals surface area contributed by atoms with Gasteiger partial charge in [-0.05, 0) is 18.9 Å². The molecule has 3 rings (SSSR count). The van der Waals surface area contributed by atoms with Crippen LogP contribution in [-0.4, -0.2) is 29.1 Å². The van der Waals surface area contributed by atoms with E-state index in [9.17, 15) is 9.18 Å². The van der Waals surface area contributed by atoms with Crippen molar-refractivity contribution in [2.24, 2.45) is 11.7 Å². The van der Waals surface area contributed by atoms with E-state index in [1.807, 2.05) is 18.7 Å². The van der Waals surface area contributed by atoms with Crippen LogP contribution < -0.4 is 16.2 Å². The molecule has 0 spiro atoms. The van der Waals surface area contributed by atoms with Crippen LogP contribution >= 0.6 is 0 Å². The Labute approximate surface area is 163 Å². The first kappa shape index (κ1) is 19.6. The monoisotopic (exact) mass is 379 g/mol. The van der Waals surface area contributed by atoms with E-state index >= 15 is 0 Å². The van der Waals surface area contributed by atoms with Crippen molar-refractivity contribution in [2.45, 2.75) is 32.7 Å². The van der Waals surface area contributed by atoms with Gasteiger partial charge in [-0.15, -0.1) is 0 Å². The third kappa shape index (κ3) is 4.21. The number of aromatic nitrogens is 2. The second-order valence-corrected chi connectivity index (χ2v) is 7.14. The van der Waals surface area contributed by atoms with Gasteiger partial charge in [0.2, 0.25) is 11.6 Å². The lowest BCUT2D eigenvalue weighted by molar-refractivity contribution is 0.495. The summed E-state index contributed by atoms with van der Waals surface area (Å²) in [5.41, 5.74) is 6.45. The zero-order chi connectivity index (χ0) is 20.3. The summed E-state index contributed by atoms with van der Waals surface area (Å²) in [7, 11) is 0. The Bertz CT molecular complexity index is 1030. The molecule has 7 heteroatoms. The number of nitrogens with two attached hydrogens (primary N) is 1. The quantitative estimate of drug-likeness (QED) is 0.621. The molecule has 1 aliphatic heterocycles. The first-order valence-electron chi connectivity index (χ1n) is 9.22. The minimum atomic E-state index is -0.650. The van der Waals surface area contributed by atoms with Gasteiger partial charge < -0.3 is 10.6 Å². The largest absolute Gasteiger partial charge is 0.342 e. The highest BCUT2D eigenvalue weighted by Crippen LogP contribution is 2.27. The van der Waals surface area contributed by atoms with Crippen LogP contribution in [0.5, 0.6) is 0 Å². The molecular formula is C21H22FN5O. The van der Waals surface area contributed by atoms with Crippen LogP contribution in [0.1, 0.15) is 32.3 Å². The maximum Gasteiger partial charge on any atom is 0.268 e. The minimum Gasteiger partial charge on any atom is -0.342 e. The highest BCUT2D eigenvalue weighted by Gasteiger charge is 2.21. The van der Waals surface area contributed by atoms with Crippen LogP contribution in [0.2, 0.25) is 0 Å². The van der Waals surface area contributed by atoms with Crippen molar-refractivity contribution in [1.82, 2.24) is 9.97 Å². The predicted octanol–water partition coefficient (Wildman–Crippen LogP) is 3.06. The molecule has 2 heterocycles. The molecule has 0 unspecified atom stereocenters. The average Bonchev–Trinajstić information content (AvgIpc) is 2.67. The van der Waals surface area contributed by atoms with Crippen molar-refractivity contribution < 1.29 is 4.39 Å². The van der Waals surface area contributed by atoms with Crippen molar-refractivity contribution >= 4 is 11.6 Å². The van der Waals surface area contributed by atoms with Gasteiger partial charge in [-0.3, -0.25) is 9.78 Å². The van der Waals surface area contributed by atoms with Crippen LogP contribution in [0.4, 0.5) is 16.0 Å². The lowest BCUT2D eigenvalue weighted by Gasteiger charge is -2.30. The van der Waals surface area contributed by atoms with Gasteiger partial charge >= 0.3 is 0 Å². The fraction of sp³-hybridized carbons (Fsp3) is 0.381. The van der Waals surface area contributed by atoms with Crippen molar-refractivity contribution in [3.8, 4) is 23.1 Å². The van der Waals surface area contributed by atoms with Gasteiger partial charge in [0.15, 0.2) is 0 Å². The third-order valence-electron chi connectivity index (χ3n) is 4.57. The number of halogens is 1. The van der Waals surface area contributed by atoms with E-state index in [-0.39, 0.29) is 28.8 Å². The molecule has 3 N–H and O–H groups in total. The SMILES string of the molecule is [C-]#[N+]c1ccc(-c2nc(N3CCC(N)CC3)[nH]c(=O)c2C#CC(C)C)cc1F. The van der Waals surface area contributed by atoms with Crippen molar-refractivity contribution in [3.63, 3.8) is 0 Å². The molecule has 0 atom stereocenters. The number of nitrogens with one attached hydrogen (secondary N) is 1. The summed E-state index contributed by atoms with van der Waals surface area (Å²) in [5, 5.41) is 0. The highest BCUT2D eigenvalue weighted by atomic mass is 19.1. The summed E-state index contributed by atoms with van der Waals surface area (Å²) in [4.78, 5) is 25.3. The normalized spacial score (nSPS) is 14.5. The van der Waals surface area contributed by atoms with E-state index in [2.05, 4.69) is 26.7 Å². The highest BCUT2D eigenvalue weighted by molar-refractivity contribution is 5.70. The van der Waals surface area contributed by atoms with Gasteiger partial charge in [-0.1, -0.05) is 37.8 Å². The molecule has 1 aromatic heterocycles. The van der Waals surface area contributed by atoms with E-state index in [4.69, 9.17) is 12.3 Å². The molecule has 0 radical (unpaired) electrons. The molecule has 1 aromatic carbocycles. The van der Waals surface area contributed by atoms with Crippen LogP contribution in [0.25, 0.3) is 16.1 Å². The Morgan fingerprint density at radius 3 is 2.71 bits per heavy atom. The molecule has 144 valence electrons. The molecule has 0 saturated carbocycles. The smallest absolute Gasteiger partial charge is 0.268 e. The molecule has 6 nitrogen and oxygen atoms in total. The Balaban J connectivity index is 2.14. The number of rotatable bonds is 2. The minimum absolute atomic E-state index is 0.0664. The molecule has 0 aliphatic carbocycles. The van der Waals surface area contributed by atoms with E-state index in [0.717, 1.165) is 12.8 Å².